The van der Waals surface area contributed by atoms with Gasteiger partial charge in [0.15, 0.2) is 0 Å². The number of carbonyl (C=O) groups excluding carboxylic acids is 1. The molecule has 0 bridgehead atoms. The molecule has 0 saturated carbocycles. The van der Waals surface area contributed by atoms with E-state index in [4.69, 9.17) is 15.2 Å². The Morgan fingerprint density at radius 2 is 2.05 bits per heavy atom. The van der Waals surface area contributed by atoms with Crippen LogP contribution in [0.3, 0.4) is 0 Å². The van der Waals surface area contributed by atoms with E-state index in [1.165, 1.54) is 32.4 Å². The molecular weight excluding hydrogens is 284 g/mol. The third-order valence-corrected chi connectivity index (χ3v) is 4.11. The van der Waals surface area contributed by atoms with Gasteiger partial charge in [-0.1, -0.05) is 0 Å². The van der Waals surface area contributed by atoms with E-state index in [2.05, 4.69) is 4.72 Å². The summed E-state index contributed by atoms with van der Waals surface area (Å²) in [6.45, 7) is 1.90. The van der Waals surface area contributed by atoms with Crippen LogP contribution in [0.4, 0.5) is 0 Å². The van der Waals surface area contributed by atoms with Crippen molar-refractivity contribution in [3.63, 3.8) is 0 Å². The first kappa shape index (κ1) is 16.4. The fourth-order valence-electron chi connectivity index (χ4n) is 1.66. The Bertz CT molecular complexity index is 586. The van der Waals surface area contributed by atoms with Gasteiger partial charge in [0, 0.05) is 13.2 Å². The van der Waals surface area contributed by atoms with Crippen LogP contribution in [0.2, 0.25) is 0 Å². The minimum Gasteiger partial charge on any atom is -0.496 e. The Kier molecular flexibility index (Phi) is 5.49. The zero-order valence-electron chi connectivity index (χ0n) is 11.5. The van der Waals surface area contributed by atoms with Gasteiger partial charge in [0.05, 0.1) is 24.2 Å². The highest BCUT2D eigenvalue weighted by Crippen LogP contribution is 2.22. The van der Waals surface area contributed by atoms with E-state index >= 15 is 0 Å². The van der Waals surface area contributed by atoms with E-state index in [-0.39, 0.29) is 22.8 Å². The zero-order valence-corrected chi connectivity index (χ0v) is 12.4. The molecule has 1 aromatic carbocycles. The van der Waals surface area contributed by atoms with Crippen LogP contribution in [0.5, 0.6) is 5.75 Å². The molecule has 0 unspecified atom stereocenters. The maximum Gasteiger partial charge on any atom is 0.252 e. The van der Waals surface area contributed by atoms with Crippen molar-refractivity contribution in [3.8, 4) is 5.75 Å². The Hall–Kier alpha value is -1.64. The molecule has 0 fully saturated rings. The lowest BCUT2D eigenvalue weighted by Gasteiger charge is -2.14. The smallest absolute Gasteiger partial charge is 0.252 e. The van der Waals surface area contributed by atoms with Gasteiger partial charge in [0.2, 0.25) is 10.0 Å². The second-order valence-electron chi connectivity index (χ2n) is 4.20. The average Bonchev–Trinajstić information content (AvgIpc) is 2.37. The topological polar surface area (TPSA) is 108 Å². The maximum absolute atomic E-state index is 12.1. The molecule has 0 radical (unpaired) electrons. The summed E-state index contributed by atoms with van der Waals surface area (Å²) in [7, 11) is -0.911. The molecule has 0 aliphatic heterocycles. The van der Waals surface area contributed by atoms with Crippen LogP contribution in [-0.4, -0.2) is 41.2 Å². The fraction of sp³-hybridized carbons (Fsp3) is 0.417. The lowest BCUT2D eigenvalue weighted by molar-refractivity contribution is 0.0997. The number of hydrogen-bond donors (Lipinski definition) is 2. The SMILES string of the molecule is COC[C@H](C)NS(=O)(=O)c1ccc(OC)c(C(N)=O)c1. The van der Waals surface area contributed by atoms with Gasteiger partial charge >= 0.3 is 0 Å². The predicted octanol–water partition coefficient (Wildman–Crippen LogP) is 0.107. The molecule has 0 aliphatic rings. The van der Waals surface area contributed by atoms with Gasteiger partial charge in [0.25, 0.3) is 5.91 Å². The molecule has 1 rings (SSSR count). The number of rotatable bonds is 7. The molecule has 1 atom stereocenters. The van der Waals surface area contributed by atoms with Crippen molar-refractivity contribution in [2.24, 2.45) is 5.73 Å². The van der Waals surface area contributed by atoms with Crippen LogP contribution in [0.25, 0.3) is 0 Å². The average molecular weight is 302 g/mol. The highest BCUT2D eigenvalue weighted by Gasteiger charge is 2.20. The summed E-state index contributed by atoms with van der Waals surface area (Å²) >= 11 is 0. The number of amides is 1. The van der Waals surface area contributed by atoms with Gasteiger partial charge in [-0.25, -0.2) is 13.1 Å². The third-order valence-electron chi connectivity index (χ3n) is 2.52. The van der Waals surface area contributed by atoms with Crippen LogP contribution in [0, 0.1) is 0 Å². The number of hydrogen-bond acceptors (Lipinski definition) is 5. The summed E-state index contributed by atoms with van der Waals surface area (Å²) in [6, 6.07) is 3.51. The maximum atomic E-state index is 12.1. The number of sulfonamides is 1. The van der Waals surface area contributed by atoms with Crippen LogP contribution in [-0.2, 0) is 14.8 Å². The van der Waals surface area contributed by atoms with E-state index in [9.17, 15) is 13.2 Å². The summed E-state index contributed by atoms with van der Waals surface area (Å²) in [5.74, 6) is -0.537. The molecule has 112 valence electrons. The molecule has 0 heterocycles. The van der Waals surface area contributed by atoms with E-state index < -0.39 is 22.0 Å². The summed E-state index contributed by atoms with van der Waals surface area (Å²) in [6.07, 6.45) is 0. The van der Waals surface area contributed by atoms with Crippen LogP contribution in [0.1, 0.15) is 17.3 Å². The van der Waals surface area contributed by atoms with E-state index in [0.717, 1.165) is 0 Å². The third kappa shape index (κ3) is 3.92. The first-order valence-electron chi connectivity index (χ1n) is 5.81. The number of primary amides is 1. The van der Waals surface area contributed by atoms with Crippen molar-refractivity contribution in [3.05, 3.63) is 23.8 Å². The lowest BCUT2D eigenvalue weighted by Crippen LogP contribution is -2.35. The minimum atomic E-state index is -3.76. The molecule has 1 amide bonds. The lowest BCUT2D eigenvalue weighted by atomic mass is 10.2. The molecule has 8 heteroatoms. The number of carbonyl (C=O) groups is 1. The predicted molar refractivity (Wildman–Crippen MR) is 73.2 cm³/mol. The molecule has 0 aliphatic carbocycles. The minimum absolute atomic E-state index is 0.00905. The van der Waals surface area contributed by atoms with Gasteiger partial charge < -0.3 is 15.2 Å². The van der Waals surface area contributed by atoms with E-state index in [1.807, 2.05) is 0 Å². The quantitative estimate of drug-likeness (QED) is 0.743. The van der Waals surface area contributed by atoms with Gasteiger partial charge in [-0.3, -0.25) is 4.79 Å². The van der Waals surface area contributed by atoms with Crippen LogP contribution >= 0.6 is 0 Å². The monoisotopic (exact) mass is 302 g/mol. The highest BCUT2D eigenvalue weighted by molar-refractivity contribution is 7.89. The van der Waals surface area contributed by atoms with Gasteiger partial charge in [-0.2, -0.15) is 0 Å². The highest BCUT2D eigenvalue weighted by atomic mass is 32.2. The number of benzene rings is 1. The Morgan fingerprint density at radius 3 is 2.55 bits per heavy atom. The van der Waals surface area contributed by atoms with Crippen molar-refractivity contribution < 1.29 is 22.7 Å². The largest absolute Gasteiger partial charge is 0.496 e. The molecular formula is C12H18N2O5S. The number of nitrogens with one attached hydrogen (secondary N) is 1. The van der Waals surface area contributed by atoms with Crippen molar-refractivity contribution in [1.29, 1.82) is 0 Å². The van der Waals surface area contributed by atoms with Crippen molar-refractivity contribution >= 4 is 15.9 Å². The molecule has 3 N–H and O–H groups in total. The van der Waals surface area contributed by atoms with E-state index in [1.54, 1.807) is 6.92 Å². The molecule has 0 spiro atoms. The van der Waals surface area contributed by atoms with Gasteiger partial charge in [-0.15, -0.1) is 0 Å². The number of nitrogens with two attached hydrogens (primary N) is 1. The first-order valence-corrected chi connectivity index (χ1v) is 7.29. The van der Waals surface area contributed by atoms with Crippen LogP contribution in [0.15, 0.2) is 23.1 Å². The summed E-state index contributed by atoms with van der Waals surface area (Å²) in [5, 5.41) is 0. The second kappa shape index (κ2) is 6.69. The molecule has 0 saturated heterocycles. The Balaban J connectivity index is 3.13. The van der Waals surface area contributed by atoms with Crippen molar-refractivity contribution in [2.75, 3.05) is 20.8 Å². The second-order valence-corrected chi connectivity index (χ2v) is 5.92. The summed E-state index contributed by atoms with van der Waals surface area (Å²) in [5.41, 5.74) is 5.21. The molecule has 7 nitrogen and oxygen atoms in total. The summed E-state index contributed by atoms with van der Waals surface area (Å²) < 4.78 is 36.5. The Labute approximate surface area is 118 Å². The fourth-order valence-corrected chi connectivity index (χ4v) is 2.92. The Morgan fingerprint density at radius 1 is 1.40 bits per heavy atom. The number of ether oxygens (including phenoxy) is 2. The zero-order chi connectivity index (χ0) is 15.3. The standard InChI is InChI=1S/C12H18N2O5S/c1-8(7-18-2)14-20(16,17)9-4-5-11(19-3)10(6-9)12(13)15/h4-6,8,14H,7H2,1-3H3,(H2,13,15)/t8-/m0/s1. The van der Waals surface area contributed by atoms with Crippen molar-refractivity contribution in [1.82, 2.24) is 4.72 Å². The molecule has 1 aromatic rings. The molecule has 20 heavy (non-hydrogen) atoms. The number of methoxy groups -OCH3 is 2. The van der Waals surface area contributed by atoms with Gasteiger partial charge in [-0.05, 0) is 25.1 Å². The first-order chi connectivity index (χ1) is 9.31. The van der Waals surface area contributed by atoms with E-state index in [0.29, 0.717) is 0 Å². The van der Waals surface area contributed by atoms with Crippen molar-refractivity contribution in [2.45, 2.75) is 17.9 Å². The normalized spacial score (nSPS) is 12.9. The van der Waals surface area contributed by atoms with Gasteiger partial charge in [0.1, 0.15) is 5.75 Å². The molecule has 0 aromatic heterocycles. The summed E-state index contributed by atoms with van der Waals surface area (Å²) in [4.78, 5) is 11.2. The van der Waals surface area contributed by atoms with Crippen LogP contribution < -0.4 is 15.2 Å².